The number of amides is 2. The third kappa shape index (κ3) is 3.72. The first-order valence-electron chi connectivity index (χ1n) is 8.48. The normalized spacial score (nSPS) is 19.3. The molecule has 1 aromatic carbocycles. The molecule has 7 heteroatoms. The summed E-state index contributed by atoms with van der Waals surface area (Å²) in [7, 11) is -3.50. The van der Waals surface area contributed by atoms with E-state index in [1.165, 1.54) is 17.1 Å². The van der Waals surface area contributed by atoms with E-state index in [2.05, 4.69) is 5.32 Å². The van der Waals surface area contributed by atoms with Crippen molar-refractivity contribution in [2.45, 2.75) is 31.6 Å². The molecule has 0 bridgehead atoms. The molecule has 1 N–H and O–H groups in total. The van der Waals surface area contributed by atoms with E-state index in [1.807, 2.05) is 26.0 Å². The average Bonchev–Trinajstić information content (AvgIpc) is 3.36. The van der Waals surface area contributed by atoms with Crippen molar-refractivity contribution in [3.05, 3.63) is 29.3 Å². The summed E-state index contributed by atoms with van der Waals surface area (Å²) in [6, 6.07) is 5.30. The molecule has 24 heavy (non-hydrogen) atoms. The van der Waals surface area contributed by atoms with Crippen LogP contribution in [0.3, 0.4) is 0 Å². The quantitative estimate of drug-likeness (QED) is 0.898. The van der Waals surface area contributed by atoms with Gasteiger partial charge in [-0.25, -0.2) is 13.2 Å². The second-order valence-corrected chi connectivity index (χ2v) is 8.70. The molecular formula is C17H25N3O3S. The van der Waals surface area contributed by atoms with Crippen molar-refractivity contribution in [2.75, 3.05) is 32.7 Å². The monoisotopic (exact) mass is 351 g/mol. The molecular weight excluding hydrogens is 326 g/mol. The number of hydrogen-bond acceptors (Lipinski definition) is 3. The van der Waals surface area contributed by atoms with Gasteiger partial charge in [0.1, 0.15) is 0 Å². The molecule has 0 spiro atoms. The molecule has 3 rings (SSSR count). The third-order valence-electron chi connectivity index (χ3n) is 4.71. The predicted octanol–water partition coefficient (Wildman–Crippen LogP) is 1.73. The first-order valence-corrected chi connectivity index (χ1v) is 9.92. The summed E-state index contributed by atoms with van der Waals surface area (Å²) in [6.07, 6.45) is 2.39. The molecule has 6 nitrogen and oxygen atoms in total. The van der Waals surface area contributed by atoms with Gasteiger partial charge in [-0.05, 0) is 44.2 Å². The van der Waals surface area contributed by atoms with Gasteiger partial charge in [0.15, 0.2) is 0 Å². The molecule has 0 radical (unpaired) electrons. The maximum absolute atomic E-state index is 12.8. The number of aryl methyl sites for hydroxylation is 2. The van der Waals surface area contributed by atoms with Gasteiger partial charge < -0.3 is 10.2 Å². The molecule has 1 saturated carbocycles. The van der Waals surface area contributed by atoms with Crippen molar-refractivity contribution in [1.82, 2.24) is 14.5 Å². The molecule has 1 saturated heterocycles. The Morgan fingerprint density at radius 3 is 2.42 bits per heavy atom. The third-order valence-corrected chi connectivity index (χ3v) is 6.77. The lowest BCUT2D eigenvalue weighted by Crippen LogP contribution is -2.53. The fraction of sp³-hybridized carbons (Fsp3) is 0.588. The van der Waals surface area contributed by atoms with E-state index < -0.39 is 10.0 Å². The lowest BCUT2D eigenvalue weighted by molar-refractivity contribution is 0.172. The fourth-order valence-electron chi connectivity index (χ4n) is 3.02. The summed E-state index contributed by atoms with van der Waals surface area (Å²) in [5.41, 5.74) is 1.81. The van der Waals surface area contributed by atoms with Gasteiger partial charge in [-0.15, -0.1) is 0 Å². The SMILES string of the molecule is Cc1ccc(S(=O)(=O)N2CCN(C(=O)NCC3CC3)CC2)c(C)c1. The van der Waals surface area contributed by atoms with E-state index in [4.69, 9.17) is 0 Å². The van der Waals surface area contributed by atoms with Crippen LogP contribution in [-0.2, 0) is 10.0 Å². The number of benzene rings is 1. The van der Waals surface area contributed by atoms with Crippen LogP contribution in [0.15, 0.2) is 23.1 Å². The standard InChI is InChI=1S/C17H25N3O3S/c1-13-3-6-16(14(2)11-13)24(22,23)20-9-7-19(8-10-20)17(21)18-12-15-4-5-15/h3,6,11,15H,4-5,7-10,12H2,1-2H3,(H,18,21). The van der Waals surface area contributed by atoms with E-state index in [0.29, 0.717) is 37.0 Å². The number of urea groups is 1. The van der Waals surface area contributed by atoms with Gasteiger partial charge in [-0.3, -0.25) is 0 Å². The molecule has 1 heterocycles. The fourth-order valence-corrected chi connectivity index (χ4v) is 4.65. The number of nitrogens with zero attached hydrogens (tertiary/aromatic N) is 2. The maximum Gasteiger partial charge on any atom is 0.317 e. The molecule has 1 aliphatic heterocycles. The van der Waals surface area contributed by atoms with Crippen LogP contribution >= 0.6 is 0 Å². The van der Waals surface area contributed by atoms with Crippen molar-refractivity contribution in [3.63, 3.8) is 0 Å². The van der Waals surface area contributed by atoms with Gasteiger partial charge in [0.05, 0.1) is 4.90 Å². The molecule has 1 aromatic rings. The number of carbonyl (C=O) groups excluding carboxylic acids is 1. The minimum Gasteiger partial charge on any atom is -0.338 e. The summed E-state index contributed by atoms with van der Waals surface area (Å²) in [6.45, 7) is 6.05. The molecule has 2 fully saturated rings. The van der Waals surface area contributed by atoms with E-state index in [-0.39, 0.29) is 6.03 Å². The Morgan fingerprint density at radius 2 is 1.83 bits per heavy atom. The van der Waals surface area contributed by atoms with E-state index >= 15 is 0 Å². The van der Waals surface area contributed by atoms with Crippen LogP contribution < -0.4 is 5.32 Å². The van der Waals surface area contributed by atoms with Crippen LogP contribution in [0.1, 0.15) is 24.0 Å². The van der Waals surface area contributed by atoms with Gasteiger partial charge in [-0.1, -0.05) is 17.7 Å². The Labute approximate surface area is 143 Å². The minimum absolute atomic E-state index is 0.0783. The van der Waals surface area contributed by atoms with Crippen LogP contribution in [0.25, 0.3) is 0 Å². The van der Waals surface area contributed by atoms with E-state index in [0.717, 1.165) is 17.7 Å². The molecule has 2 aliphatic rings. The number of sulfonamides is 1. The Bertz CT molecular complexity index is 721. The zero-order valence-corrected chi connectivity index (χ0v) is 15.1. The predicted molar refractivity (Wildman–Crippen MR) is 92.4 cm³/mol. The van der Waals surface area contributed by atoms with Crippen LogP contribution in [0.5, 0.6) is 0 Å². The average molecular weight is 351 g/mol. The smallest absolute Gasteiger partial charge is 0.317 e. The molecule has 1 aliphatic carbocycles. The highest BCUT2D eigenvalue weighted by Crippen LogP contribution is 2.27. The van der Waals surface area contributed by atoms with Crippen molar-refractivity contribution in [2.24, 2.45) is 5.92 Å². The summed E-state index contributed by atoms with van der Waals surface area (Å²) < 4.78 is 27.1. The molecule has 0 unspecified atom stereocenters. The first kappa shape index (κ1) is 17.2. The minimum atomic E-state index is -3.50. The zero-order valence-electron chi connectivity index (χ0n) is 14.3. The Hall–Kier alpha value is -1.60. The zero-order chi connectivity index (χ0) is 17.3. The second-order valence-electron chi connectivity index (χ2n) is 6.79. The topological polar surface area (TPSA) is 69.7 Å². The Balaban J connectivity index is 1.61. The van der Waals surface area contributed by atoms with Gasteiger partial charge in [0.2, 0.25) is 10.0 Å². The Kier molecular flexibility index (Phi) is 4.83. The van der Waals surface area contributed by atoms with Crippen LogP contribution in [0, 0.1) is 19.8 Å². The van der Waals surface area contributed by atoms with Gasteiger partial charge in [0, 0.05) is 32.7 Å². The van der Waals surface area contributed by atoms with Crippen molar-refractivity contribution in [1.29, 1.82) is 0 Å². The number of piperazine rings is 1. The molecule has 0 atom stereocenters. The summed E-state index contributed by atoms with van der Waals surface area (Å²) in [5, 5.41) is 2.93. The van der Waals surface area contributed by atoms with Crippen LogP contribution in [0.2, 0.25) is 0 Å². The van der Waals surface area contributed by atoms with Crippen molar-refractivity contribution >= 4 is 16.1 Å². The van der Waals surface area contributed by atoms with E-state index in [9.17, 15) is 13.2 Å². The van der Waals surface area contributed by atoms with E-state index in [1.54, 1.807) is 11.0 Å². The lowest BCUT2D eigenvalue weighted by Gasteiger charge is -2.34. The largest absolute Gasteiger partial charge is 0.338 e. The number of nitrogens with one attached hydrogen (secondary N) is 1. The number of carbonyl (C=O) groups is 1. The van der Waals surface area contributed by atoms with Gasteiger partial charge in [-0.2, -0.15) is 4.31 Å². The highest BCUT2D eigenvalue weighted by atomic mass is 32.2. The summed E-state index contributed by atoms with van der Waals surface area (Å²) in [5.74, 6) is 0.639. The van der Waals surface area contributed by atoms with Crippen LogP contribution in [0.4, 0.5) is 4.79 Å². The number of hydrogen-bond donors (Lipinski definition) is 1. The Morgan fingerprint density at radius 1 is 1.17 bits per heavy atom. The van der Waals surface area contributed by atoms with Crippen molar-refractivity contribution in [3.8, 4) is 0 Å². The highest BCUT2D eigenvalue weighted by Gasteiger charge is 2.31. The maximum atomic E-state index is 12.8. The molecule has 132 valence electrons. The van der Waals surface area contributed by atoms with Gasteiger partial charge >= 0.3 is 6.03 Å². The first-order chi connectivity index (χ1) is 11.4. The summed E-state index contributed by atoms with van der Waals surface area (Å²) >= 11 is 0. The second kappa shape index (κ2) is 6.72. The highest BCUT2D eigenvalue weighted by molar-refractivity contribution is 7.89. The summed E-state index contributed by atoms with van der Waals surface area (Å²) in [4.78, 5) is 14.2. The van der Waals surface area contributed by atoms with Crippen LogP contribution in [-0.4, -0.2) is 56.4 Å². The molecule has 2 amide bonds. The number of rotatable bonds is 4. The molecule has 0 aromatic heterocycles. The lowest BCUT2D eigenvalue weighted by atomic mass is 10.2. The van der Waals surface area contributed by atoms with Crippen molar-refractivity contribution < 1.29 is 13.2 Å². The van der Waals surface area contributed by atoms with Gasteiger partial charge in [0.25, 0.3) is 0 Å².